The van der Waals surface area contributed by atoms with Crippen LogP contribution in [-0.2, 0) is 4.79 Å². The summed E-state index contributed by atoms with van der Waals surface area (Å²) in [6.45, 7) is 2.15. The van der Waals surface area contributed by atoms with E-state index < -0.39 is 0 Å². The van der Waals surface area contributed by atoms with Gasteiger partial charge >= 0.3 is 0 Å². The van der Waals surface area contributed by atoms with Crippen LogP contribution in [0.1, 0.15) is 30.9 Å². The Morgan fingerprint density at radius 2 is 2.10 bits per heavy atom. The van der Waals surface area contributed by atoms with Gasteiger partial charge in [0.1, 0.15) is 0 Å². The molecule has 1 amide bonds. The third kappa shape index (κ3) is 2.06. The van der Waals surface area contributed by atoms with Gasteiger partial charge in [0.25, 0.3) is 0 Å². The number of piperidine rings is 1. The van der Waals surface area contributed by atoms with Crippen LogP contribution in [0.3, 0.4) is 0 Å². The van der Waals surface area contributed by atoms with E-state index in [-0.39, 0.29) is 17.9 Å². The first kappa shape index (κ1) is 12.7. The molecular formula is C16H20N2OS. The normalized spacial score (nSPS) is 30.0. The van der Waals surface area contributed by atoms with Crippen molar-refractivity contribution in [2.75, 3.05) is 18.8 Å². The number of hydrogen-bond donors (Lipinski definition) is 2. The van der Waals surface area contributed by atoms with E-state index in [1.165, 1.54) is 23.3 Å². The van der Waals surface area contributed by atoms with Gasteiger partial charge in [0, 0.05) is 16.6 Å². The molecule has 106 valence electrons. The molecule has 2 heterocycles. The lowest BCUT2D eigenvalue weighted by atomic mass is 9.91. The number of rotatable bonds is 2. The van der Waals surface area contributed by atoms with Crippen molar-refractivity contribution in [1.82, 2.24) is 10.6 Å². The van der Waals surface area contributed by atoms with Crippen molar-refractivity contribution in [3.63, 3.8) is 0 Å². The van der Waals surface area contributed by atoms with Crippen molar-refractivity contribution in [2.24, 2.45) is 11.3 Å². The summed E-state index contributed by atoms with van der Waals surface area (Å²) in [7, 11) is 0. The Labute approximate surface area is 123 Å². The van der Waals surface area contributed by atoms with Crippen LogP contribution in [0.25, 0.3) is 0 Å². The van der Waals surface area contributed by atoms with Gasteiger partial charge < -0.3 is 10.6 Å². The highest BCUT2D eigenvalue weighted by atomic mass is 32.2. The van der Waals surface area contributed by atoms with Gasteiger partial charge in [-0.25, -0.2) is 0 Å². The second-order valence-electron chi connectivity index (χ2n) is 6.28. The van der Waals surface area contributed by atoms with E-state index in [4.69, 9.17) is 0 Å². The lowest BCUT2D eigenvalue weighted by molar-refractivity contribution is -0.123. The molecule has 0 radical (unpaired) electrons. The molecule has 0 aromatic heterocycles. The zero-order valence-corrected chi connectivity index (χ0v) is 12.3. The van der Waals surface area contributed by atoms with Gasteiger partial charge in [-0.15, -0.1) is 11.8 Å². The molecule has 3 nitrogen and oxygen atoms in total. The maximum atomic E-state index is 12.5. The third-order valence-electron chi connectivity index (χ3n) is 5.12. The van der Waals surface area contributed by atoms with Crippen molar-refractivity contribution < 1.29 is 4.79 Å². The molecule has 2 aliphatic heterocycles. The van der Waals surface area contributed by atoms with Gasteiger partial charge in [-0.05, 0) is 49.4 Å². The molecule has 2 fully saturated rings. The molecule has 4 heteroatoms. The Morgan fingerprint density at radius 1 is 1.30 bits per heavy atom. The summed E-state index contributed by atoms with van der Waals surface area (Å²) in [5.74, 6) is 1.53. The minimum atomic E-state index is 0.211. The highest BCUT2D eigenvalue weighted by molar-refractivity contribution is 7.99. The molecule has 0 bridgehead atoms. The first-order valence-electron chi connectivity index (χ1n) is 7.51. The first-order chi connectivity index (χ1) is 9.78. The Morgan fingerprint density at radius 3 is 2.95 bits per heavy atom. The van der Waals surface area contributed by atoms with Crippen molar-refractivity contribution in [1.29, 1.82) is 0 Å². The summed E-state index contributed by atoms with van der Waals surface area (Å²) in [5.41, 5.74) is 1.63. The van der Waals surface area contributed by atoms with Crippen LogP contribution >= 0.6 is 11.8 Å². The molecule has 1 aliphatic carbocycles. The summed E-state index contributed by atoms with van der Waals surface area (Å²) >= 11 is 1.85. The maximum absolute atomic E-state index is 12.5. The number of nitrogens with one attached hydrogen (secondary N) is 2. The lowest BCUT2D eigenvalue weighted by Crippen LogP contribution is -2.35. The maximum Gasteiger partial charge on any atom is 0.224 e. The van der Waals surface area contributed by atoms with Gasteiger partial charge in [0.2, 0.25) is 5.91 Å². The standard InChI is InChI=1S/C16H20N2OS/c19-15(12-9-16(12)5-7-17-8-6-16)18-13-10-20-14-4-2-1-3-11(13)14/h1-4,12-13,17H,5-10H2,(H,18,19). The number of hydrogen-bond acceptors (Lipinski definition) is 3. The number of fused-ring (bicyclic) bond motifs is 1. The van der Waals surface area contributed by atoms with Crippen LogP contribution in [0, 0.1) is 11.3 Å². The minimum Gasteiger partial charge on any atom is -0.348 e. The van der Waals surface area contributed by atoms with Crippen molar-refractivity contribution >= 4 is 17.7 Å². The molecular weight excluding hydrogens is 268 g/mol. The molecule has 1 saturated carbocycles. The molecule has 3 aliphatic rings. The summed E-state index contributed by atoms with van der Waals surface area (Å²) < 4.78 is 0. The van der Waals surface area contributed by atoms with Gasteiger partial charge in [-0.2, -0.15) is 0 Å². The van der Waals surface area contributed by atoms with Crippen LogP contribution in [-0.4, -0.2) is 24.7 Å². The van der Waals surface area contributed by atoms with E-state index in [0.29, 0.717) is 5.41 Å². The molecule has 2 unspecified atom stereocenters. The number of amides is 1. The monoisotopic (exact) mass is 288 g/mol. The molecule has 2 atom stereocenters. The Hall–Kier alpha value is -1.00. The van der Waals surface area contributed by atoms with E-state index in [2.05, 4.69) is 34.9 Å². The number of thioether (sulfide) groups is 1. The quantitative estimate of drug-likeness (QED) is 0.877. The van der Waals surface area contributed by atoms with Crippen LogP contribution in [0.2, 0.25) is 0 Å². The summed E-state index contributed by atoms with van der Waals surface area (Å²) in [4.78, 5) is 13.8. The third-order valence-corrected chi connectivity index (χ3v) is 6.30. The SMILES string of the molecule is O=C(NC1CSc2ccccc21)C1CC12CCNCC2. The summed E-state index contributed by atoms with van der Waals surface area (Å²) in [5, 5.41) is 6.68. The largest absolute Gasteiger partial charge is 0.348 e. The number of benzene rings is 1. The predicted octanol–water partition coefficient (Wildman–Crippen LogP) is 2.34. The topological polar surface area (TPSA) is 41.1 Å². The molecule has 2 N–H and O–H groups in total. The molecule has 1 aromatic carbocycles. The predicted molar refractivity (Wildman–Crippen MR) is 80.7 cm³/mol. The number of carbonyl (C=O) groups is 1. The van der Waals surface area contributed by atoms with Gasteiger partial charge in [0.15, 0.2) is 0 Å². The smallest absolute Gasteiger partial charge is 0.224 e. The van der Waals surface area contributed by atoms with Crippen molar-refractivity contribution in [2.45, 2.75) is 30.2 Å². The van der Waals surface area contributed by atoms with Crippen molar-refractivity contribution in [3.05, 3.63) is 29.8 Å². The van der Waals surface area contributed by atoms with Crippen LogP contribution in [0.5, 0.6) is 0 Å². The summed E-state index contributed by atoms with van der Waals surface area (Å²) in [6.07, 6.45) is 3.43. The molecule has 20 heavy (non-hydrogen) atoms. The van der Waals surface area contributed by atoms with Gasteiger partial charge in [0.05, 0.1) is 6.04 Å². The number of carbonyl (C=O) groups excluding carboxylic acids is 1. The average molecular weight is 288 g/mol. The molecule has 1 aromatic rings. The highest BCUT2D eigenvalue weighted by Crippen LogP contribution is 2.58. The van der Waals surface area contributed by atoms with Gasteiger partial charge in [-0.3, -0.25) is 4.79 Å². The Balaban J connectivity index is 1.42. The Bertz CT molecular complexity index is 539. The van der Waals surface area contributed by atoms with E-state index in [9.17, 15) is 4.79 Å². The minimum absolute atomic E-state index is 0.211. The Kier molecular flexibility index (Phi) is 3.04. The second kappa shape index (κ2) is 4.78. The molecule has 4 rings (SSSR count). The molecule has 1 spiro atoms. The van der Waals surface area contributed by atoms with E-state index in [0.717, 1.165) is 25.3 Å². The first-order valence-corrected chi connectivity index (χ1v) is 8.50. The van der Waals surface area contributed by atoms with E-state index in [1.54, 1.807) is 0 Å². The fraction of sp³-hybridized carbons (Fsp3) is 0.562. The summed E-state index contributed by atoms with van der Waals surface area (Å²) in [6, 6.07) is 8.64. The fourth-order valence-electron chi connectivity index (χ4n) is 3.75. The lowest BCUT2D eigenvalue weighted by Gasteiger charge is -2.23. The van der Waals surface area contributed by atoms with Crippen LogP contribution in [0.4, 0.5) is 0 Å². The van der Waals surface area contributed by atoms with E-state index >= 15 is 0 Å². The highest BCUT2D eigenvalue weighted by Gasteiger charge is 2.57. The van der Waals surface area contributed by atoms with Crippen molar-refractivity contribution in [3.8, 4) is 0 Å². The van der Waals surface area contributed by atoms with Crippen LogP contribution < -0.4 is 10.6 Å². The second-order valence-corrected chi connectivity index (χ2v) is 7.34. The zero-order chi connectivity index (χ0) is 13.6. The van der Waals surface area contributed by atoms with Gasteiger partial charge in [-0.1, -0.05) is 18.2 Å². The fourth-order valence-corrected chi connectivity index (χ4v) is 4.91. The van der Waals surface area contributed by atoms with Crippen LogP contribution in [0.15, 0.2) is 29.2 Å². The average Bonchev–Trinajstić information content (AvgIpc) is 3.02. The zero-order valence-electron chi connectivity index (χ0n) is 11.5. The van der Waals surface area contributed by atoms with E-state index in [1.807, 2.05) is 11.8 Å². The molecule has 1 saturated heterocycles.